The fourth-order valence-corrected chi connectivity index (χ4v) is 3.84. The first-order valence-electron chi connectivity index (χ1n) is 9.19. The molecule has 0 saturated heterocycles. The Hall–Kier alpha value is -2.22. The summed E-state index contributed by atoms with van der Waals surface area (Å²) in [6.45, 7) is 9.67. The average molecular weight is 399 g/mol. The van der Waals surface area contributed by atoms with Crippen LogP contribution in [0.3, 0.4) is 0 Å². The lowest BCUT2D eigenvalue weighted by atomic mass is 10.0. The molecule has 1 unspecified atom stereocenters. The molecule has 148 valence electrons. The Bertz CT molecular complexity index is 1060. The molecule has 0 fully saturated rings. The van der Waals surface area contributed by atoms with Gasteiger partial charge in [-0.3, -0.25) is 14.3 Å². The number of pyridine rings is 1. The van der Waals surface area contributed by atoms with Gasteiger partial charge >= 0.3 is 0 Å². The lowest BCUT2D eigenvalue weighted by Crippen LogP contribution is -2.40. The fourth-order valence-electron chi connectivity index (χ4n) is 3.04. The van der Waals surface area contributed by atoms with Gasteiger partial charge in [-0.15, -0.1) is 4.72 Å². The highest BCUT2D eigenvalue weighted by Gasteiger charge is 2.29. The van der Waals surface area contributed by atoms with E-state index < -0.39 is 11.4 Å². The van der Waals surface area contributed by atoms with Gasteiger partial charge in [-0.2, -0.15) is 0 Å². The number of aromatic nitrogens is 3. The van der Waals surface area contributed by atoms with Gasteiger partial charge in [0.05, 0.1) is 16.9 Å². The molecule has 6 nitrogen and oxygen atoms in total. The van der Waals surface area contributed by atoms with Crippen molar-refractivity contribution in [3.8, 4) is 11.4 Å². The Balaban J connectivity index is 2.21. The summed E-state index contributed by atoms with van der Waals surface area (Å²) < 4.78 is 16.9. The molecule has 0 radical (unpaired) electrons. The standard InChI is InChI=1S/C21H26N4O2S/c1-13-11-16(14(2)24-28(27)21(3,4)5)18-17(12-13)20(26)25(6)19(23-18)15-7-9-22-10-8-15/h7-12,14,24H,1-6H3/t14-,28?/m1/s1. The highest BCUT2D eigenvalue weighted by molar-refractivity contribution is 7.90. The predicted molar refractivity (Wildman–Crippen MR) is 114 cm³/mol. The fraction of sp³-hybridized carbons (Fsp3) is 0.381. The van der Waals surface area contributed by atoms with Crippen LogP contribution in [-0.4, -0.2) is 23.8 Å². The summed E-state index contributed by atoms with van der Waals surface area (Å²) in [5.74, 6) is 0.578. The molecule has 0 aliphatic carbocycles. The topological polar surface area (TPSA) is 82.9 Å². The first-order valence-corrected chi connectivity index (χ1v) is 10.3. The molecule has 3 rings (SSSR count). The van der Waals surface area contributed by atoms with E-state index in [1.54, 1.807) is 24.0 Å². The van der Waals surface area contributed by atoms with Crippen LogP contribution in [0.1, 0.15) is 44.9 Å². The van der Waals surface area contributed by atoms with Gasteiger partial charge in [-0.05, 0) is 58.4 Å². The minimum atomic E-state index is -1.24. The highest BCUT2D eigenvalue weighted by Crippen LogP contribution is 2.27. The van der Waals surface area contributed by atoms with Crippen molar-refractivity contribution in [2.24, 2.45) is 7.05 Å². The number of nitrogens with zero attached hydrogens (tertiary/aromatic N) is 3. The molecular formula is C21H26N4O2S. The number of nitrogens with one attached hydrogen (secondary N) is 1. The Morgan fingerprint density at radius 3 is 2.46 bits per heavy atom. The maximum atomic E-state index is 13.1. The van der Waals surface area contributed by atoms with E-state index in [4.69, 9.17) is 4.98 Å². The van der Waals surface area contributed by atoms with Crippen LogP contribution < -0.4 is 10.3 Å². The molecule has 0 bridgehead atoms. The predicted octanol–water partition coefficient (Wildman–Crippen LogP) is 3.42. The summed E-state index contributed by atoms with van der Waals surface area (Å²) in [5, 5.41) is 0.561. The number of benzene rings is 1. The zero-order valence-electron chi connectivity index (χ0n) is 17.1. The molecule has 3 aromatic rings. The summed E-state index contributed by atoms with van der Waals surface area (Å²) in [6.07, 6.45) is 3.36. The Labute approximate surface area is 168 Å². The van der Waals surface area contributed by atoms with Crippen molar-refractivity contribution in [3.05, 3.63) is 58.1 Å². The van der Waals surface area contributed by atoms with E-state index in [-0.39, 0.29) is 16.3 Å². The van der Waals surface area contributed by atoms with E-state index in [0.29, 0.717) is 16.7 Å². The summed E-state index contributed by atoms with van der Waals surface area (Å²) in [4.78, 5) is 21.9. The normalized spacial score (nSPS) is 14.2. The minimum Gasteiger partial charge on any atom is -0.598 e. The van der Waals surface area contributed by atoms with E-state index in [2.05, 4.69) is 9.71 Å². The van der Waals surface area contributed by atoms with Gasteiger partial charge in [-0.1, -0.05) is 6.07 Å². The minimum absolute atomic E-state index is 0.106. The van der Waals surface area contributed by atoms with Crippen LogP contribution in [0.2, 0.25) is 0 Å². The quantitative estimate of drug-likeness (QED) is 0.681. The third-order valence-electron chi connectivity index (χ3n) is 4.60. The molecular weight excluding hydrogens is 372 g/mol. The van der Waals surface area contributed by atoms with E-state index in [1.807, 2.05) is 58.9 Å². The molecule has 0 aliphatic heterocycles. The molecule has 2 aromatic heterocycles. The highest BCUT2D eigenvalue weighted by atomic mass is 32.2. The van der Waals surface area contributed by atoms with Crippen LogP contribution in [0.4, 0.5) is 0 Å². The van der Waals surface area contributed by atoms with Crippen molar-refractivity contribution < 1.29 is 4.55 Å². The van der Waals surface area contributed by atoms with Gasteiger partial charge in [0.1, 0.15) is 10.6 Å². The smallest absolute Gasteiger partial charge is 0.261 e. The van der Waals surface area contributed by atoms with E-state index in [0.717, 1.165) is 16.7 Å². The second kappa shape index (κ2) is 7.66. The summed E-state index contributed by atoms with van der Waals surface area (Å²) >= 11 is -1.24. The van der Waals surface area contributed by atoms with Crippen LogP contribution in [0, 0.1) is 6.92 Å². The summed E-state index contributed by atoms with van der Waals surface area (Å²) in [7, 11) is 1.73. The van der Waals surface area contributed by atoms with Crippen LogP contribution in [0.5, 0.6) is 0 Å². The molecule has 1 aromatic carbocycles. The van der Waals surface area contributed by atoms with Crippen molar-refractivity contribution in [2.75, 3.05) is 0 Å². The van der Waals surface area contributed by atoms with Crippen LogP contribution >= 0.6 is 0 Å². The van der Waals surface area contributed by atoms with Gasteiger partial charge in [0.15, 0.2) is 0 Å². The Morgan fingerprint density at radius 1 is 1.21 bits per heavy atom. The zero-order valence-corrected chi connectivity index (χ0v) is 17.9. The number of aryl methyl sites for hydroxylation is 1. The van der Waals surface area contributed by atoms with Crippen molar-refractivity contribution in [2.45, 2.75) is 45.4 Å². The SMILES string of the molecule is Cc1cc([C@@H](C)N[S+]([O-])C(C)(C)C)c2nc(-c3ccncc3)n(C)c(=O)c2c1. The average Bonchev–Trinajstić information content (AvgIpc) is 2.64. The second-order valence-electron chi connectivity index (χ2n) is 8.01. The maximum Gasteiger partial charge on any atom is 0.261 e. The van der Waals surface area contributed by atoms with Gasteiger partial charge in [0.25, 0.3) is 5.56 Å². The summed E-state index contributed by atoms with van der Waals surface area (Å²) in [5.41, 5.74) is 3.17. The lowest BCUT2D eigenvalue weighted by Gasteiger charge is -2.27. The van der Waals surface area contributed by atoms with E-state index in [1.165, 1.54) is 0 Å². The Kier molecular flexibility index (Phi) is 5.61. The summed E-state index contributed by atoms with van der Waals surface area (Å²) in [6, 6.07) is 7.29. The second-order valence-corrected chi connectivity index (χ2v) is 10.0. The van der Waals surface area contributed by atoms with Crippen molar-refractivity contribution in [3.63, 3.8) is 0 Å². The number of fused-ring (bicyclic) bond motifs is 1. The van der Waals surface area contributed by atoms with Crippen molar-refractivity contribution in [1.29, 1.82) is 0 Å². The van der Waals surface area contributed by atoms with Crippen molar-refractivity contribution >= 4 is 22.3 Å². The molecule has 7 heteroatoms. The van der Waals surface area contributed by atoms with E-state index >= 15 is 0 Å². The first-order chi connectivity index (χ1) is 13.1. The molecule has 1 N–H and O–H groups in total. The van der Waals surface area contributed by atoms with Gasteiger partial charge in [-0.25, -0.2) is 4.98 Å². The monoisotopic (exact) mass is 398 g/mol. The molecule has 2 heterocycles. The van der Waals surface area contributed by atoms with Crippen molar-refractivity contribution in [1.82, 2.24) is 19.3 Å². The third-order valence-corrected chi connectivity index (χ3v) is 6.28. The number of hydrogen-bond donors (Lipinski definition) is 1. The number of hydrogen-bond acceptors (Lipinski definition) is 5. The molecule has 0 saturated carbocycles. The molecule has 0 aliphatic rings. The molecule has 0 spiro atoms. The molecule has 2 atom stereocenters. The molecule has 0 amide bonds. The van der Waals surface area contributed by atoms with E-state index in [9.17, 15) is 9.35 Å². The lowest BCUT2D eigenvalue weighted by molar-refractivity contribution is 0.531. The molecule has 28 heavy (non-hydrogen) atoms. The van der Waals surface area contributed by atoms with Gasteiger partial charge < -0.3 is 4.55 Å². The van der Waals surface area contributed by atoms with Crippen LogP contribution in [0.15, 0.2) is 41.5 Å². The third kappa shape index (κ3) is 3.97. The number of rotatable bonds is 4. The van der Waals surface area contributed by atoms with Gasteiger partial charge in [0, 0.05) is 41.9 Å². The first kappa shape index (κ1) is 20.5. The van der Waals surface area contributed by atoms with Gasteiger partial charge in [0.2, 0.25) is 0 Å². The van der Waals surface area contributed by atoms with Crippen LogP contribution in [0.25, 0.3) is 22.3 Å². The largest absolute Gasteiger partial charge is 0.598 e. The zero-order chi connectivity index (χ0) is 20.6. The maximum absolute atomic E-state index is 13.1. The Morgan fingerprint density at radius 2 is 1.86 bits per heavy atom. The van der Waals surface area contributed by atoms with Crippen LogP contribution in [-0.2, 0) is 18.4 Å².